The standard InChI is InChI=1S/C16H21N3O.ClH/c1-3-8-14(9-4-1)16-17-15(20-18-16)10-7-13-19-11-5-2-6-12-19;/h1,3-4,8-9H,2,5-7,10-13H2;1H. The number of hydrogen-bond donors (Lipinski definition) is 0. The van der Waals surface area contributed by atoms with Crippen molar-refractivity contribution in [2.24, 2.45) is 0 Å². The molecule has 0 saturated carbocycles. The van der Waals surface area contributed by atoms with Gasteiger partial charge in [-0.1, -0.05) is 41.9 Å². The van der Waals surface area contributed by atoms with E-state index >= 15 is 0 Å². The Hall–Kier alpha value is -1.39. The van der Waals surface area contributed by atoms with Gasteiger partial charge >= 0.3 is 0 Å². The minimum Gasteiger partial charge on any atom is -0.339 e. The van der Waals surface area contributed by atoms with E-state index in [-0.39, 0.29) is 12.4 Å². The number of aryl methyl sites for hydroxylation is 1. The van der Waals surface area contributed by atoms with Crippen molar-refractivity contribution in [1.82, 2.24) is 15.0 Å². The molecule has 0 unspecified atom stereocenters. The lowest BCUT2D eigenvalue weighted by atomic mass is 10.1. The van der Waals surface area contributed by atoms with E-state index < -0.39 is 0 Å². The lowest BCUT2D eigenvalue weighted by Gasteiger charge is -2.25. The Morgan fingerprint density at radius 2 is 1.81 bits per heavy atom. The molecule has 1 aliphatic rings. The van der Waals surface area contributed by atoms with Crippen LogP contribution >= 0.6 is 12.4 Å². The Morgan fingerprint density at radius 1 is 1.05 bits per heavy atom. The third-order valence-corrected chi connectivity index (χ3v) is 3.81. The van der Waals surface area contributed by atoms with Crippen molar-refractivity contribution in [2.45, 2.75) is 32.1 Å². The van der Waals surface area contributed by atoms with Crippen LogP contribution in [0.3, 0.4) is 0 Å². The number of rotatable bonds is 5. The molecule has 2 aromatic rings. The number of hydrogen-bond acceptors (Lipinski definition) is 4. The van der Waals surface area contributed by atoms with E-state index in [1.165, 1.54) is 32.4 Å². The monoisotopic (exact) mass is 307 g/mol. The van der Waals surface area contributed by atoms with E-state index in [0.717, 1.165) is 30.8 Å². The molecule has 1 fully saturated rings. The normalized spacial score (nSPS) is 15.6. The van der Waals surface area contributed by atoms with E-state index in [2.05, 4.69) is 15.0 Å². The molecule has 1 aromatic carbocycles. The second-order valence-electron chi connectivity index (χ2n) is 5.38. The number of piperidine rings is 1. The summed E-state index contributed by atoms with van der Waals surface area (Å²) in [5, 5.41) is 4.05. The van der Waals surface area contributed by atoms with Gasteiger partial charge in [-0.2, -0.15) is 4.98 Å². The lowest BCUT2D eigenvalue weighted by molar-refractivity contribution is 0.223. The highest BCUT2D eigenvalue weighted by Gasteiger charge is 2.11. The summed E-state index contributed by atoms with van der Waals surface area (Å²) in [7, 11) is 0. The highest BCUT2D eigenvalue weighted by molar-refractivity contribution is 5.85. The SMILES string of the molecule is Cl.c1ccc(-c2noc(CCCN3CCCCC3)n2)cc1. The third-order valence-electron chi connectivity index (χ3n) is 3.81. The second-order valence-corrected chi connectivity index (χ2v) is 5.38. The quantitative estimate of drug-likeness (QED) is 0.847. The van der Waals surface area contributed by atoms with Crippen LogP contribution < -0.4 is 0 Å². The van der Waals surface area contributed by atoms with Gasteiger partial charge in [0.15, 0.2) is 0 Å². The summed E-state index contributed by atoms with van der Waals surface area (Å²) in [6.45, 7) is 3.64. The second kappa shape index (κ2) is 8.15. The molecular weight excluding hydrogens is 286 g/mol. The number of benzene rings is 1. The predicted octanol–water partition coefficient (Wildman–Crippen LogP) is 3.58. The van der Waals surface area contributed by atoms with Gasteiger partial charge in [0.05, 0.1) is 0 Å². The zero-order chi connectivity index (χ0) is 13.6. The van der Waals surface area contributed by atoms with Gasteiger partial charge in [0.25, 0.3) is 0 Å². The molecule has 0 aliphatic carbocycles. The van der Waals surface area contributed by atoms with Crippen LogP contribution in [0.4, 0.5) is 0 Å². The van der Waals surface area contributed by atoms with Crippen LogP contribution in [0.1, 0.15) is 31.6 Å². The number of halogens is 1. The molecule has 0 radical (unpaired) electrons. The first-order valence-corrected chi connectivity index (χ1v) is 7.52. The lowest BCUT2D eigenvalue weighted by Crippen LogP contribution is -2.30. The summed E-state index contributed by atoms with van der Waals surface area (Å²) in [6, 6.07) is 9.97. The number of likely N-dealkylation sites (tertiary alicyclic amines) is 1. The van der Waals surface area contributed by atoms with Crippen molar-refractivity contribution in [2.75, 3.05) is 19.6 Å². The smallest absolute Gasteiger partial charge is 0.227 e. The van der Waals surface area contributed by atoms with E-state index in [4.69, 9.17) is 4.52 Å². The molecule has 0 atom stereocenters. The molecule has 1 saturated heterocycles. The van der Waals surface area contributed by atoms with Crippen molar-refractivity contribution < 1.29 is 4.52 Å². The molecule has 2 heterocycles. The maximum atomic E-state index is 5.33. The first kappa shape index (κ1) is 16.0. The third kappa shape index (κ3) is 4.55. The Morgan fingerprint density at radius 3 is 2.57 bits per heavy atom. The van der Waals surface area contributed by atoms with Crippen LogP contribution in [0.25, 0.3) is 11.4 Å². The average Bonchev–Trinajstić information content (AvgIpc) is 2.98. The van der Waals surface area contributed by atoms with Crippen LogP contribution in [0, 0.1) is 0 Å². The van der Waals surface area contributed by atoms with Crippen molar-refractivity contribution in [3.63, 3.8) is 0 Å². The Labute approximate surface area is 132 Å². The highest BCUT2D eigenvalue weighted by Crippen LogP contribution is 2.16. The molecule has 1 aliphatic heterocycles. The molecule has 21 heavy (non-hydrogen) atoms. The Balaban J connectivity index is 0.00000161. The van der Waals surface area contributed by atoms with Crippen LogP contribution in [-0.4, -0.2) is 34.7 Å². The van der Waals surface area contributed by atoms with E-state index in [0.29, 0.717) is 5.82 Å². The van der Waals surface area contributed by atoms with Crippen molar-refractivity contribution >= 4 is 12.4 Å². The van der Waals surface area contributed by atoms with E-state index in [1.54, 1.807) is 0 Å². The van der Waals surface area contributed by atoms with Gasteiger partial charge in [-0.05, 0) is 38.9 Å². The maximum absolute atomic E-state index is 5.33. The molecule has 0 N–H and O–H groups in total. The predicted molar refractivity (Wildman–Crippen MR) is 85.6 cm³/mol. The van der Waals surface area contributed by atoms with Gasteiger partial charge in [0.2, 0.25) is 11.7 Å². The average molecular weight is 308 g/mol. The van der Waals surface area contributed by atoms with Crippen molar-refractivity contribution in [3.8, 4) is 11.4 Å². The number of nitrogens with zero attached hydrogens (tertiary/aromatic N) is 3. The summed E-state index contributed by atoms with van der Waals surface area (Å²) in [5.41, 5.74) is 1.01. The van der Waals surface area contributed by atoms with E-state index in [9.17, 15) is 0 Å². The highest BCUT2D eigenvalue weighted by atomic mass is 35.5. The van der Waals surface area contributed by atoms with Gasteiger partial charge < -0.3 is 9.42 Å². The minimum absolute atomic E-state index is 0. The van der Waals surface area contributed by atoms with E-state index in [1.807, 2.05) is 30.3 Å². The molecule has 0 spiro atoms. The summed E-state index contributed by atoms with van der Waals surface area (Å²) in [4.78, 5) is 7.01. The molecule has 3 rings (SSSR count). The van der Waals surface area contributed by atoms with Gasteiger partial charge in [-0.25, -0.2) is 0 Å². The number of aromatic nitrogens is 2. The van der Waals surface area contributed by atoms with Crippen LogP contribution in [0.15, 0.2) is 34.9 Å². The maximum Gasteiger partial charge on any atom is 0.227 e. The fourth-order valence-electron chi connectivity index (χ4n) is 2.70. The molecule has 114 valence electrons. The molecular formula is C16H22ClN3O. The zero-order valence-electron chi connectivity index (χ0n) is 12.2. The molecule has 5 heteroatoms. The molecule has 1 aromatic heterocycles. The Bertz CT molecular complexity index is 523. The fourth-order valence-corrected chi connectivity index (χ4v) is 2.70. The minimum atomic E-state index is 0. The summed E-state index contributed by atoms with van der Waals surface area (Å²) < 4.78 is 5.33. The topological polar surface area (TPSA) is 42.2 Å². The summed E-state index contributed by atoms with van der Waals surface area (Å²) in [5.74, 6) is 1.44. The van der Waals surface area contributed by atoms with Crippen LogP contribution in [-0.2, 0) is 6.42 Å². The first-order valence-electron chi connectivity index (χ1n) is 7.52. The van der Waals surface area contributed by atoms with Gasteiger partial charge in [-0.15, -0.1) is 12.4 Å². The molecule has 0 bridgehead atoms. The van der Waals surface area contributed by atoms with Gasteiger partial charge in [-0.3, -0.25) is 0 Å². The fraction of sp³-hybridized carbons (Fsp3) is 0.500. The first-order chi connectivity index (χ1) is 9.92. The van der Waals surface area contributed by atoms with Gasteiger partial charge in [0.1, 0.15) is 0 Å². The molecule has 4 nitrogen and oxygen atoms in total. The van der Waals surface area contributed by atoms with Gasteiger partial charge in [0, 0.05) is 12.0 Å². The summed E-state index contributed by atoms with van der Waals surface area (Å²) in [6.07, 6.45) is 6.05. The Kier molecular flexibility index (Phi) is 6.21. The van der Waals surface area contributed by atoms with Crippen LogP contribution in [0.5, 0.6) is 0 Å². The van der Waals surface area contributed by atoms with Crippen molar-refractivity contribution in [3.05, 3.63) is 36.2 Å². The van der Waals surface area contributed by atoms with Crippen LogP contribution in [0.2, 0.25) is 0 Å². The largest absolute Gasteiger partial charge is 0.339 e. The summed E-state index contributed by atoms with van der Waals surface area (Å²) >= 11 is 0. The van der Waals surface area contributed by atoms with Crippen molar-refractivity contribution in [1.29, 1.82) is 0 Å². The molecule has 0 amide bonds. The zero-order valence-corrected chi connectivity index (χ0v) is 13.0.